The molecule has 0 radical (unpaired) electrons. The Labute approximate surface area is 182 Å². The number of nitrogens with one attached hydrogen (secondary N) is 2. The number of aromatic nitrogens is 3. The van der Waals surface area contributed by atoms with Crippen LogP contribution in [0.15, 0.2) is 58.6 Å². The second kappa shape index (κ2) is 7.71. The van der Waals surface area contributed by atoms with Crippen molar-refractivity contribution in [3.05, 3.63) is 60.3 Å². The molecule has 3 aromatic rings. The van der Waals surface area contributed by atoms with E-state index in [1.807, 2.05) is 6.07 Å². The van der Waals surface area contributed by atoms with Crippen LogP contribution in [0, 0.1) is 23.2 Å². The quantitative estimate of drug-likeness (QED) is 0.597. The summed E-state index contributed by atoms with van der Waals surface area (Å²) in [7, 11) is 0. The fraction of sp³-hybridized carbons (Fsp3) is 0.273. The third kappa shape index (κ3) is 3.64. The Morgan fingerprint density at radius 1 is 1.35 bits per heavy atom. The summed E-state index contributed by atoms with van der Waals surface area (Å²) >= 11 is 1.48. The second-order valence-electron chi connectivity index (χ2n) is 7.92. The molecule has 1 aliphatic carbocycles. The Morgan fingerprint density at radius 3 is 2.94 bits per heavy atom. The highest BCUT2D eigenvalue weighted by Crippen LogP contribution is 2.44. The van der Waals surface area contributed by atoms with Crippen LogP contribution in [0.3, 0.4) is 0 Å². The van der Waals surface area contributed by atoms with E-state index < -0.39 is 0 Å². The number of hydrogen-bond donors (Lipinski definition) is 2. The highest BCUT2D eigenvalue weighted by Gasteiger charge is 2.54. The maximum absolute atomic E-state index is 13.2. The van der Waals surface area contributed by atoms with Crippen LogP contribution in [0.25, 0.3) is 11.3 Å². The predicted octanol–water partition coefficient (Wildman–Crippen LogP) is 3.44. The molecule has 2 aliphatic rings. The van der Waals surface area contributed by atoms with Gasteiger partial charge < -0.3 is 10.2 Å². The zero-order valence-corrected chi connectivity index (χ0v) is 17.3. The molecule has 2 aromatic heterocycles. The summed E-state index contributed by atoms with van der Waals surface area (Å²) in [4.78, 5) is 20.6. The van der Waals surface area contributed by atoms with Crippen LogP contribution in [0.5, 0.6) is 0 Å². The lowest BCUT2D eigenvalue weighted by Crippen LogP contribution is -2.60. The second-order valence-corrected chi connectivity index (χ2v) is 9.04. The van der Waals surface area contributed by atoms with Gasteiger partial charge in [0, 0.05) is 40.2 Å². The largest absolute Gasteiger partial charge is 0.343 e. The molecule has 5 rings (SSSR count). The minimum atomic E-state index is -0.330. The number of rotatable bonds is 5. The van der Waals surface area contributed by atoms with Gasteiger partial charge in [-0.2, -0.15) is 10.4 Å². The summed E-state index contributed by atoms with van der Waals surface area (Å²) in [6.45, 7) is 1.25. The Bertz CT molecular complexity index is 1170. The summed E-state index contributed by atoms with van der Waals surface area (Å²) in [5.41, 5.74) is 1.45. The Morgan fingerprint density at radius 2 is 2.19 bits per heavy atom. The molecule has 2 N–H and O–H groups in total. The van der Waals surface area contributed by atoms with Crippen molar-refractivity contribution in [2.75, 3.05) is 13.1 Å². The summed E-state index contributed by atoms with van der Waals surface area (Å²) in [5, 5.41) is 19.5. The van der Waals surface area contributed by atoms with Gasteiger partial charge in [0.1, 0.15) is 5.82 Å². The number of H-pyrrole nitrogens is 1. The maximum Gasteiger partial charge on any atom is 0.272 e. The molecule has 2 fully saturated rings. The molecular formula is C22H19FN6OS. The number of pyridine rings is 1. The SMILES string of the molecule is N#CN1CC2CC[C@]2(NC(=O)c2cc(-c3cnccc3Sc3ccc(F)cc3)[nH]n2)C1. The molecule has 1 aliphatic heterocycles. The third-order valence-corrected chi connectivity index (χ3v) is 7.15. The first-order valence-corrected chi connectivity index (χ1v) is 10.8. The van der Waals surface area contributed by atoms with Gasteiger partial charge in [0.25, 0.3) is 5.91 Å². The third-order valence-electron chi connectivity index (χ3n) is 6.06. The fourth-order valence-corrected chi connectivity index (χ4v) is 5.22. The van der Waals surface area contributed by atoms with Crippen LogP contribution in [-0.4, -0.2) is 44.6 Å². The Balaban J connectivity index is 1.35. The highest BCUT2D eigenvalue weighted by molar-refractivity contribution is 7.99. The molecule has 1 unspecified atom stereocenters. The minimum absolute atomic E-state index is 0.247. The van der Waals surface area contributed by atoms with Crippen molar-refractivity contribution < 1.29 is 9.18 Å². The maximum atomic E-state index is 13.2. The van der Waals surface area contributed by atoms with Crippen LogP contribution in [0.1, 0.15) is 23.3 Å². The monoisotopic (exact) mass is 434 g/mol. The van der Waals surface area contributed by atoms with E-state index in [0.717, 1.165) is 28.2 Å². The number of hydrogen-bond acceptors (Lipinski definition) is 6. The molecule has 9 heteroatoms. The number of carbonyl (C=O) groups is 1. The number of likely N-dealkylation sites (tertiary alicyclic amines) is 1. The topological polar surface area (TPSA) is 97.7 Å². The molecule has 0 spiro atoms. The lowest BCUT2D eigenvalue weighted by atomic mass is 9.69. The molecule has 1 amide bonds. The highest BCUT2D eigenvalue weighted by atomic mass is 32.2. The Kier molecular flexibility index (Phi) is 4.87. The first-order chi connectivity index (χ1) is 15.1. The van der Waals surface area contributed by atoms with Crippen molar-refractivity contribution in [2.24, 2.45) is 5.92 Å². The average molecular weight is 435 g/mol. The number of carbonyl (C=O) groups excluding carboxylic acids is 1. The molecule has 1 aromatic carbocycles. The molecule has 2 atom stereocenters. The van der Waals surface area contributed by atoms with E-state index in [0.29, 0.717) is 30.4 Å². The van der Waals surface area contributed by atoms with Gasteiger partial charge in [0.2, 0.25) is 0 Å². The van der Waals surface area contributed by atoms with Crippen molar-refractivity contribution in [3.8, 4) is 17.5 Å². The fourth-order valence-electron chi connectivity index (χ4n) is 4.29. The van der Waals surface area contributed by atoms with Gasteiger partial charge in [0.15, 0.2) is 11.9 Å². The standard InChI is InChI=1S/C22H19FN6OS/c23-15-1-3-16(4-2-15)31-20-6-8-25-10-17(20)18-9-19(28-27-18)21(30)26-22-7-5-14(22)11-29(12-22)13-24/h1-4,6,8-10,14H,5,7,11-12H2,(H,26,30)(H,27,28)/t14?,22-/m0/s1. The van der Waals surface area contributed by atoms with Gasteiger partial charge in [0.05, 0.1) is 17.8 Å². The van der Waals surface area contributed by atoms with E-state index in [1.165, 1.54) is 23.9 Å². The number of fused-ring (bicyclic) bond motifs is 1. The molecule has 156 valence electrons. The summed E-state index contributed by atoms with van der Waals surface area (Å²) in [5.74, 6) is -0.216. The molecule has 3 heterocycles. The molecule has 7 nitrogen and oxygen atoms in total. The van der Waals surface area contributed by atoms with Crippen LogP contribution in [0.4, 0.5) is 4.39 Å². The minimum Gasteiger partial charge on any atom is -0.343 e. The predicted molar refractivity (Wildman–Crippen MR) is 112 cm³/mol. The normalized spacial score (nSPS) is 21.8. The van der Waals surface area contributed by atoms with E-state index in [4.69, 9.17) is 0 Å². The van der Waals surface area contributed by atoms with Crippen LogP contribution >= 0.6 is 11.8 Å². The van der Waals surface area contributed by atoms with Crippen LogP contribution in [0.2, 0.25) is 0 Å². The number of aromatic amines is 1. The van der Waals surface area contributed by atoms with E-state index in [2.05, 4.69) is 26.7 Å². The van der Waals surface area contributed by atoms with Crippen LogP contribution < -0.4 is 5.32 Å². The summed E-state index contributed by atoms with van der Waals surface area (Å²) in [6.07, 6.45) is 7.48. The van der Waals surface area contributed by atoms with Crippen molar-refractivity contribution in [3.63, 3.8) is 0 Å². The first kappa shape index (κ1) is 19.6. The zero-order chi connectivity index (χ0) is 21.4. The van der Waals surface area contributed by atoms with E-state index in [1.54, 1.807) is 35.5 Å². The van der Waals surface area contributed by atoms with Gasteiger partial charge in [-0.05, 0) is 49.2 Å². The van der Waals surface area contributed by atoms with E-state index in [-0.39, 0.29) is 17.3 Å². The molecule has 1 saturated carbocycles. The molecular weight excluding hydrogens is 415 g/mol. The number of nitrogens with zero attached hydrogens (tertiary/aromatic N) is 4. The number of halogens is 1. The van der Waals surface area contributed by atoms with Gasteiger partial charge in [-0.15, -0.1) is 0 Å². The van der Waals surface area contributed by atoms with Crippen molar-refractivity contribution in [1.29, 1.82) is 5.26 Å². The number of amides is 1. The van der Waals surface area contributed by atoms with Gasteiger partial charge in [-0.1, -0.05) is 11.8 Å². The number of nitriles is 1. The van der Waals surface area contributed by atoms with Crippen LogP contribution in [-0.2, 0) is 0 Å². The van der Waals surface area contributed by atoms with E-state index >= 15 is 0 Å². The molecule has 31 heavy (non-hydrogen) atoms. The van der Waals surface area contributed by atoms with Crippen molar-refractivity contribution >= 4 is 17.7 Å². The zero-order valence-electron chi connectivity index (χ0n) is 16.5. The lowest BCUT2D eigenvalue weighted by molar-refractivity contribution is 0.0757. The average Bonchev–Trinajstić information content (AvgIpc) is 3.35. The van der Waals surface area contributed by atoms with Crippen molar-refractivity contribution in [1.82, 2.24) is 25.4 Å². The Hall–Kier alpha value is -3.38. The lowest BCUT2D eigenvalue weighted by Gasteiger charge is -2.44. The van der Waals surface area contributed by atoms with Gasteiger partial charge >= 0.3 is 0 Å². The summed E-state index contributed by atoms with van der Waals surface area (Å²) in [6, 6.07) is 9.86. The summed E-state index contributed by atoms with van der Waals surface area (Å²) < 4.78 is 13.2. The molecule has 0 bridgehead atoms. The number of benzene rings is 1. The van der Waals surface area contributed by atoms with Crippen molar-refractivity contribution in [2.45, 2.75) is 28.2 Å². The first-order valence-electron chi connectivity index (χ1n) is 9.97. The van der Waals surface area contributed by atoms with Gasteiger partial charge in [-0.3, -0.25) is 14.9 Å². The smallest absolute Gasteiger partial charge is 0.272 e. The van der Waals surface area contributed by atoms with Gasteiger partial charge in [-0.25, -0.2) is 4.39 Å². The molecule has 1 saturated heterocycles. The van der Waals surface area contributed by atoms with E-state index in [9.17, 15) is 14.4 Å².